The van der Waals surface area contributed by atoms with Gasteiger partial charge in [-0.25, -0.2) is 0 Å². The zero-order valence-corrected chi connectivity index (χ0v) is 14.0. The zero-order valence-electron chi connectivity index (χ0n) is 12.2. The van der Waals surface area contributed by atoms with Crippen molar-refractivity contribution in [3.05, 3.63) is 48.5 Å². The third-order valence-electron chi connectivity index (χ3n) is 2.97. The zero-order chi connectivity index (χ0) is 16.7. The normalized spacial score (nSPS) is 11.0. The maximum absolute atomic E-state index is 9.31. The highest BCUT2D eigenvalue weighted by atomic mass is 31.2. The Morgan fingerprint density at radius 1 is 0.652 bits per heavy atom. The van der Waals surface area contributed by atoms with Gasteiger partial charge in [0.15, 0.2) is 0 Å². The summed E-state index contributed by atoms with van der Waals surface area (Å²) in [6, 6.07) is 13.5. The second-order valence-corrected chi connectivity index (χ2v) is 6.69. The Balaban J connectivity index is 1.81. The Labute approximate surface area is 136 Å². The van der Waals surface area contributed by atoms with Gasteiger partial charge in [0.25, 0.3) is 0 Å². The van der Waals surface area contributed by atoms with E-state index in [1.165, 1.54) is 0 Å². The third kappa shape index (κ3) is 5.40. The van der Waals surface area contributed by atoms with Crippen LogP contribution in [-0.4, -0.2) is 32.8 Å². The summed E-state index contributed by atoms with van der Waals surface area (Å²) in [6.45, 7) is 0.685. The van der Waals surface area contributed by atoms with Crippen LogP contribution in [0.15, 0.2) is 48.5 Å². The molecule has 0 fully saturated rings. The lowest BCUT2D eigenvalue weighted by Gasteiger charge is -2.13. The molecule has 0 atom stereocenters. The monoisotopic (exact) mass is 356 g/mol. The molecule has 0 heterocycles. The van der Waals surface area contributed by atoms with Crippen molar-refractivity contribution in [1.82, 2.24) is 0 Å². The summed E-state index contributed by atoms with van der Waals surface area (Å²) in [5.41, 5.74) is 0. The highest BCUT2D eigenvalue weighted by molar-refractivity contribution is 7.54. The molecule has 4 N–H and O–H groups in total. The van der Waals surface area contributed by atoms with Crippen LogP contribution < -0.4 is 20.1 Å². The summed E-state index contributed by atoms with van der Waals surface area (Å²) in [4.78, 5) is 37.2. The van der Waals surface area contributed by atoms with Crippen LogP contribution in [0.25, 0.3) is 0 Å². The van der Waals surface area contributed by atoms with Gasteiger partial charge < -0.3 is 29.0 Å². The van der Waals surface area contributed by atoms with Crippen molar-refractivity contribution in [2.45, 2.75) is 6.42 Å². The van der Waals surface area contributed by atoms with Gasteiger partial charge in [0.2, 0.25) is 16.8 Å². The summed E-state index contributed by atoms with van der Waals surface area (Å²) in [5.74, 6) is 0.886. The van der Waals surface area contributed by atoms with Crippen molar-refractivity contribution in [2.24, 2.45) is 0 Å². The van der Waals surface area contributed by atoms with Crippen LogP contribution >= 0.6 is 16.8 Å². The van der Waals surface area contributed by atoms with E-state index in [4.69, 9.17) is 9.47 Å². The van der Waals surface area contributed by atoms with Crippen LogP contribution in [0.4, 0.5) is 0 Å². The smallest absolute Gasteiger partial charge is 0.203 e. The lowest BCUT2D eigenvalue weighted by atomic mass is 10.3. The number of para-hydroxylation sites is 2. The van der Waals surface area contributed by atoms with Crippen LogP contribution in [0, 0.1) is 0 Å². The fourth-order valence-corrected chi connectivity index (χ4v) is 3.02. The maximum atomic E-state index is 9.31. The molecule has 0 saturated carbocycles. The quantitative estimate of drug-likeness (QED) is 0.421. The van der Waals surface area contributed by atoms with Gasteiger partial charge in [0.1, 0.15) is 11.5 Å². The van der Waals surface area contributed by atoms with E-state index in [0.29, 0.717) is 41.7 Å². The molecule has 0 saturated heterocycles. The van der Waals surface area contributed by atoms with Crippen molar-refractivity contribution < 1.29 is 29.0 Å². The van der Waals surface area contributed by atoms with E-state index in [-0.39, 0.29) is 0 Å². The summed E-state index contributed by atoms with van der Waals surface area (Å²) < 4.78 is 11.1. The molecule has 2 rings (SSSR count). The Morgan fingerprint density at radius 2 is 1.04 bits per heavy atom. The van der Waals surface area contributed by atoms with Crippen LogP contribution in [-0.2, 0) is 0 Å². The van der Waals surface area contributed by atoms with E-state index in [2.05, 4.69) is 0 Å². The summed E-state index contributed by atoms with van der Waals surface area (Å²) >= 11 is 0. The number of hydrogen-bond donors (Lipinski definition) is 4. The molecule has 8 heteroatoms. The molecule has 0 aromatic heterocycles. The van der Waals surface area contributed by atoms with Crippen molar-refractivity contribution in [3.63, 3.8) is 0 Å². The fraction of sp³-hybridized carbons (Fsp3) is 0.200. The Kier molecular flexibility index (Phi) is 7.18. The first kappa shape index (κ1) is 18.1. The average molecular weight is 356 g/mol. The molecule has 2 aromatic carbocycles. The number of rotatable bonds is 8. The second kappa shape index (κ2) is 9.14. The molecule has 0 unspecified atom stereocenters. The van der Waals surface area contributed by atoms with E-state index < -0.39 is 16.8 Å². The molecule has 6 nitrogen and oxygen atoms in total. The molecule has 0 aliphatic heterocycles. The maximum Gasteiger partial charge on any atom is 0.203 e. The summed E-state index contributed by atoms with van der Waals surface area (Å²) in [5, 5.41) is 0.750. The Hall–Kier alpha value is -1.26. The van der Waals surface area contributed by atoms with Crippen molar-refractivity contribution in [3.8, 4) is 11.5 Å². The molecule has 0 bridgehead atoms. The lowest BCUT2D eigenvalue weighted by molar-refractivity contribution is 0.249. The number of hydrogen-bond acceptors (Lipinski definition) is 6. The van der Waals surface area contributed by atoms with Crippen LogP contribution in [0.3, 0.4) is 0 Å². The topological polar surface area (TPSA) is 99.4 Å². The van der Waals surface area contributed by atoms with E-state index in [9.17, 15) is 19.6 Å². The standard InChI is InChI=1S/C15H18O6P2/c16-22(17)14-8-3-1-6-12(14)20-10-5-11-21-13-7-2-4-9-15(13)23(18)19/h1-4,6-9,16-19H,5,10-11H2. The predicted molar refractivity (Wildman–Crippen MR) is 90.5 cm³/mol. The van der Waals surface area contributed by atoms with Crippen molar-refractivity contribution >= 4 is 27.4 Å². The molecule has 2 aromatic rings. The Morgan fingerprint density at radius 3 is 1.43 bits per heavy atom. The molecule has 0 spiro atoms. The minimum Gasteiger partial charge on any atom is -0.493 e. The SMILES string of the molecule is OP(O)c1ccccc1OCCCOc1ccccc1P(O)O. The van der Waals surface area contributed by atoms with E-state index in [1.54, 1.807) is 48.5 Å². The van der Waals surface area contributed by atoms with Gasteiger partial charge in [-0.3, -0.25) is 0 Å². The average Bonchev–Trinajstić information content (AvgIpc) is 2.55. The first-order valence-electron chi connectivity index (χ1n) is 6.89. The fourth-order valence-electron chi connectivity index (χ4n) is 1.91. The highest BCUT2D eigenvalue weighted by Crippen LogP contribution is 2.29. The lowest BCUT2D eigenvalue weighted by Crippen LogP contribution is -2.12. The number of benzene rings is 2. The Bertz CT molecular complexity index is 567. The molecule has 124 valence electrons. The van der Waals surface area contributed by atoms with Gasteiger partial charge in [0, 0.05) is 6.42 Å². The van der Waals surface area contributed by atoms with Crippen LogP contribution in [0.1, 0.15) is 6.42 Å². The summed E-state index contributed by atoms with van der Waals surface area (Å²) in [6.07, 6.45) is 0.562. The highest BCUT2D eigenvalue weighted by Gasteiger charge is 2.12. The van der Waals surface area contributed by atoms with Gasteiger partial charge in [-0.15, -0.1) is 0 Å². The van der Waals surface area contributed by atoms with Crippen molar-refractivity contribution in [2.75, 3.05) is 13.2 Å². The van der Waals surface area contributed by atoms with Gasteiger partial charge in [-0.2, -0.15) is 0 Å². The largest absolute Gasteiger partial charge is 0.493 e. The van der Waals surface area contributed by atoms with Gasteiger partial charge in [-0.1, -0.05) is 24.3 Å². The van der Waals surface area contributed by atoms with E-state index in [1.807, 2.05) is 0 Å². The first-order valence-corrected chi connectivity index (χ1v) is 9.38. The summed E-state index contributed by atoms with van der Waals surface area (Å²) in [7, 11) is -4.40. The molecule has 23 heavy (non-hydrogen) atoms. The minimum atomic E-state index is -2.20. The second-order valence-electron chi connectivity index (χ2n) is 4.56. The van der Waals surface area contributed by atoms with E-state index >= 15 is 0 Å². The predicted octanol–water partition coefficient (Wildman–Crippen LogP) is 1.38. The number of ether oxygens (including phenoxy) is 2. The third-order valence-corrected chi connectivity index (χ3v) is 4.57. The first-order chi connectivity index (χ1) is 11.1. The minimum absolute atomic E-state index is 0.343. The van der Waals surface area contributed by atoms with Crippen molar-refractivity contribution in [1.29, 1.82) is 0 Å². The van der Waals surface area contributed by atoms with Crippen LogP contribution in [0.2, 0.25) is 0 Å². The molecule has 0 aliphatic carbocycles. The molecular formula is C15H18O6P2. The van der Waals surface area contributed by atoms with Gasteiger partial charge >= 0.3 is 0 Å². The molecule has 0 radical (unpaired) electrons. The molecular weight excluding hydrogens is 338 g/mol. The molecule has 0 amide bonds. The van der Waals surface area contributed by atoms with Crippen LogP contribution in [0.5, 0.6) is 11.5 Å². The molecule has 0 aliphatic rings. The van der Waals surface area contributed by atoms with Gasteiger partial charge in [-0.05, 0) is 24.3 Å². The van der Waals surface area contributed by atoms with E-state index in [0.717, 1.165) is 0 Å². The van der Waals surface area contributed by atoms with Gasteiger partial charge in [0.05, 0.1) is 23.8 Å².